The minimum absolute atomic E-state index is 0.0503. The molecule has 3 aromatic carbocycles. The van der Waals surface area contributed by atoms with Crippen LogP contribution in [0.4, 0.5) is 11.4 Å². The lowest BCUT2D eigenvalue weighted by atomic mass is 10.1. The van der Waals surface area contributed by atoms with E-state index >= 15 is 0 Å². The first-order valence-electron chi connectivity index (χ1n) is 11.2. The number of non-ortho nitro benzene ring substituents is 1. The summed E-state index contributed by atoms with van der Waals surface area (Å²) in [7, 11) is 0. The molecule has 35 heavy (non-hydrogen) atoms. The molecule has 1 amide bonds. The number of rotatable bonds is 7. The van der Waals surface area contributed by atoms with Crippen molar-refractivity contribution in [1.82, 2.24) is 4.90 Å². The number of aryl methyl sites for hydroxylation is 2. The molecule has 7 nitrogen and oxygen atoms in total. The quantitative estimate of drug-likeness (QED) is 0.218. The number of likely N-dealkylation sites (N-methyl/N-ethyl adjacent to an activating group) is 1. The second kappa shape index (κ2) is 10.6. The second-order valence-electron chi connectivity index (χ2n) is 8.13. The number of hydrogen-bond donors (Lipinski definition) is 0. The standard InChI is InChI=1S/C27H25N3O4S/c1-4-29-26(31)25(35-27(29)28-24-15-18(2)5-6-19(24)3)16-20-9-13-23(14-10-20)34-17-21-7-11-22(12-8-21)30(32)33/h5-16H,4,17H2,1-3H3/b25-16+,28-27?. The number of thioether (sulfide) groups is 1. The highest BCUT2D eigenvalue weighted by Gasteiger charge is 2.32. The van der Waals surface area contributed by atoms with Crippen molar-refractivity contribution in [2.45, 2.75) is 27.4 Å². The molecular weight excluding hydrogens is 462 g/mol. The van der Waals surface area contributed by atoms with Gasteiger partial charge in [-0.25, -0.2) is 4.99 Å². The summed E-state index contributed by atoms with van der Waals surface area (Å²) in [6.45, 7) is 6.83. The molecule has 0 radical (unpaired) electrons. The van der Waals surface area contributed by atoms with E-state index in [1.54, 1.807) is 17.0 Å². The van der Waals surface area contributed by atoms with E-state index in [1.165, 1.54) is 23.9 Å². The third-order valence-electron chi connectivity index (χ3n) is 5.52. The molecule has 0 atom stereocenters. The Labute approximate surface area is 208 Å². The number of ether oxygens (including phenoxy) is 1. The highest BCUT2D eigenvalue weighted by molar-refractivity contribution is 8.18. The van der Waals surface area contributed by atoms with Gasteiger partial charge in [0, 0.05) is 18.7 Å². The Balaban J connectivity index is 1.46. The van der Waals surface area contributed by atoms with E-state index in [4.69, 9.17) is 9.73 Å². The van der Waals surface area contributed by atoms with Crippen LogP contribution in [-0.2, 0) is 11.4 Å². The number of carbonyl (C=O) groups is 1. The Morgan fingerprint density at radius 2 is 1.77 bits per heavy atom. The van der Waals surface area contributed by atoms with Crippen LogP contribution in [0.5, 0.6) is 5.75 Å². The zero-order valence-electron chi connectivity index (χ0n) is 19.7. The number of nitrogens with zero attached hydrogens (tertiary/aromatic N) is 3. The van der Waals surface area contributed by atoms with Crippen LogP contribution in [-0.4, -0.2) is 27.4 Å². The zero-order chi connectivity index (χ0) is 24.9. The Hall–Kier alpha value is -3.91. The lowest BCUT2D eigenvalue weighted by molar-refractivity contribution is -0.384. The zero-order valence-corrected chi connectivity index (χ0v) is 20.5. The monoisotopic (exact) mass is 487 g/mol. The number of benzene rings is 3. The molecule has 1 aliphatic rings. The molecule has 0 bridgehead atoms. The van der Waals surface area contributed by atoms with Crippen molar-refractivity contribution in [3.63, 3.8) is 0 Å². The van der Waals surface area contributed by atoms with Gasteiger partial charge in [0.1, 0.15) is 12.4 Å². The second-order valence-corrected chi connectivity index (χ2v) is 9.13. The summed E-state index contributed by atoms with van der Waals surface area (Å²) in [5, 5.41) is 11.4. The normalized spacial score (nSPS) is 15.7. The average Bonchev–Trinajstić information content (AvgIpc) is 3.14. The fourth-order valence-corrected chi connectivity index (χ4v) is 4.56. The average molecular weight is 488 g/mol. The third kappa shape index (κ3) is 5.78. The molecule has 1 saturated heterocycles. The SMILES string of the molecule is CCN1C(=O)/C(=C\c2ccc(OCc3ccc([N+](=O)[O-])cc3)cc2)SC1=Nc1cc(C)ccc1C. The first kappa shape index (κ1) is 24.2. The highest BCUT2D eigenvalue weighted by atomic mass is 32.2. The molecule has 0 spiro atoms. The Kier molecular flexibility index (Phi) is 7.31. The molecule has 0 N–H and O–H groups in total. The molecule has 4 rings (SSSR count). The summed E-state index contributed by atoms with van der Waals surface area (Å²) in [5.74, 6) is 0.614. The molecule has 8 heteroatoms. The number of hydrogen-bond acceptors (Lipinski definition) is 6. The summed E-state index contributed by atoms with van der Waals surface area (Å²) in [4.78, 5) is 30.4. The first-order chi connectivity index (χ1) is 16.8. The van der Waals surface area contributed by atoms with Gasteiger partial charge in [-0.1, -0.05) is 24.3 Å². The van der Waals surface area contributed by atoms with Gasteiger partial charge in [-0.3, -0.25) is 19.8 Å². The molecule has 3 aromatic rings. The largest absolute Gasteiger partial charge is 0.489 e. The molecule has 0 aliphatic carbocycles. The van der Waals surface area contributed by atoms with E-state index in [2.05, 4.69) is 0 Å². The van der Waals surface area contributed by atoms with Crippen LogP contribution in [0.2, 0.25) is 0 Å². The van der Waals surface area contributed by atoms with Crippen LogP contribution < -0.4 is 4.74 Å². The van der Waals surface area contributed by atoms with E-state index in [0.29, 0.717) is 29.0 Å². The van der Waals surface area contributed by atoms with Crippen molar-refractivity contribution in [2.24, 2.45) is 4.99 Å². The Morgan fingerprint density at radius 3 is 2.43 bits per heavy atom. The molecule has 1 aliphatic heterocycles. The van der Waals surface area contributed by atoms with Crippen molar-refractivity contribution in [2.75, 3.05) is 6.54 Å². The molecule has 0 saturated carbocycles. The van der Waals surface area contributed by atoms with Gasteiger partial charge in [0.2, 0.25) is 0 Å². The summed E-state index contributed by atoms with van der Waals surface area (Å²) < 4.78 is 5.79. The third-order valence-corrected chi connectivity index (χ3v) is 6.52. The van der Waals surface area contributed by atoms with Crippen molar-refractivity contribution in [3.05, 3.63) is 104 Å². The maximum atomic E-state index is 13.0. The summed E-state index contributed by atoms with van der Waals surface area (Å²) in [5.41, 5.74) is 4.83. The topological polar surface area (TPSA) is 85.0 Å². The predicted molar refractivity (Wildman–Crippen MR) is 140 cm³/mol. The van der Waals surface area contributed by atoms with Crippen LogP contribution >= 0.6 is 11.8 Å². The maximum absolute atomic E-state index is 13.0. The number of aliphatic imine (C=N–C) groups is 1. The van der Waals surface area contributed by atoms with E-state index in [-0.39, 0.29) is 11.6 Å². The fraction of sp³-hybridized carbons (Fsp3) is 0.185. The van der Waals surface area contributed by atoms with E-state index in [1.807, 2.05) is 69.3 Å². The number of carbonyl (C=O) groups excluding carboxylic acids is 1. The van der Waals surface area contributed by atoms with Gasteiger partial charge in [-0.2, -0.15) is 0 Å². The van der Waals surface area contributed by atoms with Gasteiger partial charge in [0.15, 0.2) is 5.17 Å². The fourth-order valence-electron chi connectivity index (χ4n) is 3.51. The summed E-state index contributed by atoms with van der Waals surface area (Å²) in [6.07, 6.45) is 1.86. The van der Waals surface area contributed by atoms with Crippen LogP contribution in [0.25, 0.3) is 6.08 Å². The lowest BCUT2D eigenvalue weighted by Crippen LogP contribution is -2.28. The summed E-state index contributed by atoms with van der Waals surface area (Å²) in [6, 6.07) is 19.8. The number of amidine groups is 1. The van der Waals surface area contributed by atoms with Gasteiger partial charge in [-0.15, -0.1) is 0 Å². The first-order valence-corrected chi connectivity index (χ1v) is 12.0. The molecule has 1 heterocycles. The van der Waals surface area contributed by atoms with Crippen LogP contribution in [0.1, 0.15) is 29.2 Å². The van der Waals surface area contributed by atoms with E-state index in [9.17, 15) is 14.9 Å². The Morgan fingerprint density at radius 1 is 1.06 bits per heavy atom. The molecule has 1 fully saturated rings. The minimum Gasteiger partial charge on any atom is -0.489 e. The minimum atomic E-state index is -0.427. The van der Waals surface area contributed by atoms with Crippen LogP contribution in [0.3, 0.4) is 0 Å². The van der Waals surface area contributed by atoms with Gasteiger partial charge in [0.25, 0.3) is 11.6 Å². The van der Waals surface area contributed by atoms with Crippen molar-refractivity contribution in [3.8, 4) is 5.75 Å². The number of nitro benzene ring substituents is 1. The van der Waals surface area contributed by atoms with Gasteiger partial charge >= 0.3 is 0 Å². The maximum Gasteiger partial charge on any atom is 0.269 e. The lowest BCUT2D eigenvalue weighted by Gasteiger charge is -2.12. The van der Waals surface area contributed by atoms with Gasteiger partial charge in [0.05, 0.1) is 15.5 Å². The smallest absolute Gasteiger partial charge is 0.269 e. The van der Waals surface area contributed by atoms with E-state index in [0.717, 1.165) is 27.9 Å². The number of amides is 1. The Bertz CT molecular complexity index is 1320. The number of nitro groups is 1. The molecule has 0 unspecified atom stereocenters. The van der Waals surface area contributed by atoms with Crippen molar-refractivity contribution in [1.29, 1.82) is 0 Å². The molecule has 0 aromatic heterocycles. The van der Waals surface area contributed by atoms with Crippen molar-refractivity contribution >= 4 is 40.3 Å². The molecular formula is C27H25N3O4S. The highest BCUT2D eigenvalue weighted by Crippen LogP contribution is 2.35. The van der Waals surface area contributed by atoms with Crippen LogP contribution in [0, 0.1) is 24.0 Å². The van der Waals surface area contributed by atoms with Crippen molar-refractivity contribution < 1.29 is 14.5 Å². The molecule has 178 valence electrons. The van der Waals surface area contributed by atoms with Crippen LogP contribution in [0.15, 0.2) is 76.6 Å². The predicted octanol–water partition coefficient (Wildman–Crippen LogP) is 6.41. The van der Waals surface area contributed by atoms with E-state index < -0.39 is 4.92 Å². The van der Waals surface area contributed by atoms with Gasteiger partial charge in [-0.05, 0) is 91.2 Å². The summed E-state index contributed by atoms with van der Waals surface area (Å²) >= 11 is 1.38. The van der Waals surface area contributed by atoms with Gasteiger partial charge < -0.3 is 4.74 Å².